The third-order valence-corrected chi connectivity index (χ3v) is 4.35. The zero-order valence-electron chi connectivity index (χ0n) is 12.7. The number of aromatic hydroxyl groups is 1. The number of nitrogens with zero attached hydrogens (tertiary/aromatic N) is 1. The molecule has 1 aliphatic heterocycles. The Morgan fingerprint density at radius 1 is 1.33 bits per heavy atom. The zero-order chi connectivity index (χ0) is 18.0. The van der Waals surface area contributed by atoms with Crippen molar-refractivity contribution in [3.63, 3.8) is 0 Å². The van der Waals surface area contributed by atoms with Crippen molar-refractivity contribution in [1.29, 1.82) is 0 Å². The van der Waals surface area contributed by atoms with Gasteiger partial charge < -0.3 is 9.84 Å². The maximum atomic E-state index is 12.3. The standard InChI is InChI=1S/C15H13Cl2NO5S/c1-7(2)23-12(19)6-18-14(21)11(24-15(18)22)5-8-3-9(16)13(20)10(17)4-8/h3-5,7,20H,6H2,1-2H3/b11-5+. The van der Waals surface area contributed by atoms with Crippen LogP contribution < -0.4 is 0 Å². The van der Waals surface area contributed by atoms with Crippen LogP contribution in [0.5, 0.6) is 5.75 Å². The average Bonchev–Trinajstić information content (AvgIpc) is 2.71. The Morgan fingerprint density at radius 3 is 2.46 bits per heavy atom. The average molecular weight is 390 g/mol. The molecule has 0 atom stereocenters. The van der Waals surface area contributed by atoms with Gasteiger partial charge in [0.15, 0.2) is 5.75 Å². The van der Waals surface area contributed by atoms with E-state index in [9.17, 15) is 19.5 Å². The van der Waals surface area contributed by atoms with E-state index in [0.29, 0.717) is 17.3 Å². The first-order valence-electron chi connectivity index (χ1n) is 6.82. The summed E-state index contributed by atoms with van der Waals surface area (Å²) in [6.07, 6.45) is 1.07. The minimum absolute atomic E-state index is 0.0217. The van der Waals surface area contributed by atoms with Gasteiger partial charge in [-0.15, -0.1) is 0 Å². The van der Waals surface area contributed by atoms with Crippen LogP contribution in [-0.2, 0) is 14.3 Å². The summed E-state index contributed by atoms with van der Waals surface area (Å²) in [5, 5.41) is 9.01. The fraction of sp³-hybridized carbons (Fsp3) is 0.267. The van der Waals surface area contributed by atoms with Gasteiger partial charge in [0.2, 0.25) is 0 Å². The number of carbonyl (C=O) groups excluding carboxylic acids is 3. The van der Waals surface area contributed by atoms with Crippen LogP contribution in [0, 0.1) is 0 Å². The largest absolute Gasteiger partial charge is 0.505 e. The van der Waals surface area contributed by atoms with Crippen molar-refractivity contribution in [3.8, 4) is 5.75 Å². The van der Waals surface area contributed by atoms with Gasteiger partial charge >= 0.3 is 5.97 Å². The molecule has 0 bridgehead atoms. The van der Waals surface area contributed by atoms with Gasteiger partial charge in [-0.1, -0.05) is 23.2 Å². The Bertz CT molecular complexity index is 724. The van der Waals surface area contributed by atoms with Gasteiger partial charge in [-0.25, -0.2) is 0 Å². The fourth-order valence-electron chi connectivity index (χ4n) is 1.89. The van der Waals surface area contributed by atoms with Crippen LogP contribution in [0.25, 0.3) is 6.08 Å². The van der Waals surface area contributed by atoms with Gasteiger partial charge in [-0.3, -0.25) is 19.3 Å². The number of esters is 1. The SMILES string of the molecule is CC(C)OC(=O)CN1C(=O)S/C(=C/c2cc(Cl)c(O)c(Cl)c2)C1=O. The first kappa shape index (κ1) is 18.6. The highest BCUT2D eigenvalue weighted by atomic mass is 35.5. The van der Waals surface area contributed by atoms with Crippen LogP contribution in [0.3, 0.4) is 0 Å². The molecule has 0 spiro atoms. The van der Waals surface area contributed by atoms with E-state index in [2.05, 4.69) is 0 Å². The Hall–Kier alpha value is -1.70. The van der Waals surface area contributed by atoms with Crippen LogP contribution in [0.2, 0.25) is 10.0 Å². The lowest BCUT2D eigenvalue weighted by Crippen LogP contribution is -2.35. The highest BCUT2D eigenvalue weighted by Crippen LogP contribution is 2.36. The topological polar surface area (TPSA) is 83.9 Å². The van der Waals surface area contributed by atoms with Crippen LogP contribution in [0.4, 0.5) is 4.79 Å². The summed E-state index contributed by atoms with van der Waals surface area (Å²) in [4.78, 5) is 36.8. The number of amides is 2. The van der Waals surface area contributed by atoms with Gasteiger partial charge in [0, 0.05) is 0 Å². The Kier molecular flexibility index (Phi) is 5.79. The van der Waals surface area contributed by atoms with E-state index >= 15 is 0 Å². The van der Waals surface area contributed by atoms with Crippen molar-refractivity contribution in [2.75, 3.05) is 6.54 Å². The maximum Gasteiger partial charge on any atom is 0.326 e. The molecule has 0 aromatic heterocycles. The Balaban J connectivity index is 2.20. The lowest BCUT2D eigenvalue weighted by molar-refractivity contribution is -0.149. The number of phenolic OH excluding ortho intramolecular Hbond substituents is 1. The van der Waals surface area contributed by atoms with Gasteiger partial charge in [-0.05, 0) is 49.4 Å². The van der Waals surface area contributed by atoms with E-state index < -0.39 is 23.7 Å². The number of hydrogen-bond acceptors (Lipinski definition) is 6. The molecule has 1 aromatic carbocycles. The first-order chi connectivity index (χ1) is 11.2. The van der Waals surface area contributed by atoms with E-state index in [1.54, 1.807) is 13.8 Å². The molecule has 1 fully saturated rings. The molecule has 1 heterocycles. The molecule has 1 N–H and O–H groups in total. The number of benzene rings is 1. The van der Waals surface area contributed by atoms with Crippen molar-refractivity contribution in [1.82, 2.24) is 4.90 Å². The van der Waals surface area contributed by atoms with Gasteiger partial charge in [-0.2, -0.15) is 0 Å². The smallest absolute Gasteiger partial charge is 0.326 e. The lowest BCUT2D eigenvalue weighted by atomic mass is 10.2. The molecule has 0 aliphatic carbocycles. The van der Waals surface area contributed by atoms with Crippen LogP contribution in [0.15, 0.2) is 17.0 Å². The van der Waals surface area contributed by atoms with Gasteiger partial charge in [0.25, 0.3) is 11.1 Å². The van der Waals surface area contributed by atoms with Crippen molar-refractivity contribution < 1.29 is 24.2 Å². The normalized spacial score (nSPS) is 16.4. The molecule has 9 heteroatoms. The number of ether oxygens (including phenoxy) is 1. The predicted octanol–water partition coefficient (Wildman–Crippen LogP) is 3.69. The maximum absolute atomic E-state index is 12.3. The summed E-state index contributed by atoms with van der Waals surface area (Å²) in [5.74, 6) is -1.53. The monoisotopic (exact) mass is 389 g/mol. The quantitative estimate of drug-likeness (QED) is 0.624. The second kappa shape index (κ2) is 7.46. The molecule has 2 rings (SSSR count). The molecule has 2 amide bonds. The Labute approximate surface area is 152 Å². The lowest BCUT2D eigenvalue weighted by Gasteiger charge is -2.13. The van der Waals surface area contributed by atoms with Crippen molar-refractivity contribution >= 4 is 58.2 Å². The highest BCUT2D eigenvalue weighted by molar-refractivity contribution is 8.18. The molecule has 0 saturated carbocycles. The number of imide groups is 1. The van der Waals surface area contributed by atoms with E-state index in [-0.39, 0.29) is 26.8 Å². The molecule has 0 unspecified atom stereocenters. The summed E-state index contributed by atoms with van der Waals surface area (Å²) in [7, 11) is 0. The van der Waals surface area contributed by atoms with Crippen LogP contribution in [0.1, 0.15) is 19.4 Å². The summed E-state index contributed by atoms with van der Waals surface area (Å²) < 4.78 is 4.93. The summed E-state index contributed by atoms with van der Waals surface area (Å²) >= 11 is 12.3. The highest BCUT2D eigenvalue weighted by Gasteiger charge is 2.36. The molecular formula is C15H13Cl2NO5S. The first-order valence-corrected chi connectivity index (χ1v) is 8.39. The van der Waals surface area contributed by atoms with E-state index in [1.807, 2.05) is 0 Å². The zero-order valence-corrected chi connectivity index (χ0v) is 15.0. The third-order valence-electron chi connectivity index (χ3n) is 2.86. The summed E-state index contributed by atoms with van der Waals surface area (Å²) in [6, 6.07) is 2.81. The molecule has 24 heavy (non-hydrogen) atoms. The van der Waals surface area contributed by atoms with E-state index in [1.165, 1.54) is 18.2 Å². The molecule has 1 aromatic rings. The van der Waals surface area contributed by atoms with E-state index in [0.717, 1.165) is 4.90 Å². The number of thioether (sulfide) groups is 1. The number of rotatable bonds is 4. The summed E-state index contributed by atoms with van der Waals surface area (Å²) in [6.45, 7) is 2.89. The molecule has 1 aliphatic rings. The molecule has 6 nitrogen and oxygen atoms in total. The van der Waals surface area contributed by atoms with E-state index in [4.69, 9.17) is 27.9 Å². The second-order valence-electron chi connectivity index (χ2n) is 5.14. The number of phenols is 1. The molecule has 0 radical (unpaired) electrons. The molecular weight excluding hydrogens is 377 g/mol. The van der Waals surface area contributed by atoms with Crippen LogP contribution >= 0.6 is 35.0 Å². The number of hydrogen-bond donors (Lipinski definition) is 1. The Morgan fingerprint density at radius 2 is 1.92 bits per heavy atom. The minimum Gasteiger partial charge on any atom is -0.505 e. The fourth-order valence-corrected chi connectivity index (χ4v) is 3.23. The second-order valence-corrected chi connectivity index (χ2v) is 6.95. The number of carbonyl (C=O) groups is 3. The summed E-state index contributed by atoms with van der Waals surface area (Å²) in [5.41, 5.74) is 0.443. The van der Waals surface area contributed by atoms with Crippen molar-refractivity contribution in [2.45, 2.75) is 20.0 Å². The predicted molar refractivity (Wildman–Crippen MR) is 92.0 cm³/mol. The van der Waals surface area contributed by atoms with Crippen molar-refractivity contribution in [2.24, 2.45) is 0 Å². The minimum atomic E-state index is -0.663. The molecule has 128 valence electrons. The van der Waals surface area contributed by atoms with Crippen molar-refractivity contribution in [3.05, 3.63) is 32.6 Å². The van der Waals surface area contributed by atoms with Gasteiger partial charge in [0.1, 0.15) is 6.54 Å². The van der Waals surface area contributed by atoms with Gasteiger partial charge in [0.05, 0.1) is 21.1 Å². The third kappa shape index (κ3) is 4.23. The molecule has 1 saturated heterocycles. The number of halogens is 2. The van der Waals surface area contributed by atoms with Crippen LogP contribution in [-0.4, -0.2) is 39.8 Å².